The van der Waals surface area contributed by atoms with Crippen LogP contribution in [0.1, 0.15) is 43.2 Å². The van der Waals surface area contributed by atoms with E-state index in [1.165, 1.54) is 93.0 Å². The van der Waals surface area contributed by atoms with Gasteiger partial charge in [0.05, 0.1) is 0 Å². The van der Waals surface area contributed by atoms with Gasteiger partial charge in [-0.05, 0) is 153 Å². The summed E-state index contributed by atoms with van der Waals surface area (Å²) in [6.45, 7) is 0. The Hall–Kier alpha value is -5.14. The highest BCUT2D eigenvalue weighted by atomic mass is 15.1. The SMILES string of the molecule is c1ccc2c(c1)-c1cc(N(c3ccc(-c4ccc5ccccc5c4)cc3)c3ccc4ccccc4c3)ccc1C21C2CC3CC(C2)CC1C3. The Morgan fingerprint density at radius 2 is 0.918 bits per heavy atom. The molecule has 0 aromatic heterocycles. The van der Waals surface area contributed by atoms with Crippen LogP contribution in [0.5, 0.6) is 0 Å². The van der Waals surface area contributed by atoms with Crippen molar-refractivity contribution in [3.05, 3.63) is 163 Å². The van der Waals surface area contributed by atoms with Crippen LogP contribution in [-0.4, -0.2) is 0 Å². The van der Waals surface area contributed by atoms with Gasteiger partial charge in [0.1, 0.15) is 0 Å². The summed E-state index contributed by atoms with van der Waals surface area (Å²) in [5.41, 5.74) is 12.4. The first kappa shape index (κ1) is 27.8. The number of benzene rings is 7. The van der Waals surface area contributed by atoms with E-state index in [-0.39, 0.29) is 5.41 Å². The molecule has 1 spiro atoms. The summed E-state index contributed by atoms with van der Waals surface area (Å²) < 4.78 is 0. The molecular weight excluding hydrogens is 591 g/mol. The van der Waals surface area contributed by atoms with E-state index in [4.69, 9.17) is 0 Å². The number of nitrogens with zero attached hydrogens (tertiary/aromatic N) is 1. The van der Waals surface area contributed by atoms with Crippen molar-refractivity contribution >= 4 is 38.6 Å². The van der Waals surface area contributed by atoms with Gasteiger partial charge in [0, 0.05) is 22.5 Å². The Balaban J connectivity index is 1.06. The molecule has 4 bridgehead atoms. The minimum Gasteiger partial charge on any atom is -0.310 e. The Kier molecular flexibility index (Phi) is 5.91. The second-order valence-corrected chi connectivity index (χ2v) is 15.4. The van der Waals surface area contributed by atoms with Gasteiger partial charge in [0.25, 0.3) is 0 Å². The molecule has 12 rings (SSSR count). The van der Waals surface area contributed by atoms with Crippen LogP contribution in [0.2, 0.25) is 0 Å². The maximum Gasteiger partial charge on any atom is 0.0468 e. The van der Waals surface area contributed by atoms with Gasteiger partial charge in [-0.2, -0.15) is 0 Å². The predicted molar refractivity (Wildman–Crippen MR) is 205 cm³/mol. The second kappa shape index (κ2) is 10.4. The lowest BCUT2D eigenvalue weighted by Crippen LogP contribution is -2.55. The van der Waals surface area contributed by atoms with Crippen LogP contribution in [0.15, 0.2) is 152 Å². The van der Waals surface area contributed by atoms with E-state index >= 15 is 0 Å². The highest BCUT2D eigenvalue weighted by molar-refractivity contribution is 5.92. The van der Waals surface area contributed by atoms with Gasteiger partial charge < -0.3 is 4.90 Å². The predicted octanol–water partition coefficient (Wildman–Crippen LogP) is 12.9. The van der Waals surface area contributed by atoms with Gasteiger partial charge in [-0.1, -0.05) is 109 Å². The molecule has 7 aromatic carbocycles. The maximum absolute atomic E-state index is 2.55. The highest BCUT2D eigenvalue weighted by Crippen LogP contribution is 2.69. The molecule has 7 aromatic rings. The molecule has 0 aliphatic heterocycles. The van der Waals surface area contributed by atoms with E-state index in [0.29, 0.717) is 0 Å². The molecule has 1 heteroatoms. The van der Waals surface area contributed by atoms with Gasteiger partial charge >= 0.3 is 0 Å². The van der Waals surface area contributed by atoms with Gasteiger partial charge in [-0.3, -0.25) is 0 Å². The number of hydrogen-bond acceptors (Lipinski definition) is 1. The van der Waals surface area contributed by atoms with Crippen molar-refractivity contribution in [2.75, 3.05) is 4.90 Å². The Labute approximate surface area is 288 Å². The minimum absolute atomic E-state index is 0.188. The molecule has 0 unspecified atom stereocenters. The summed E-state index contributed by atoms with van der Waals surface area (Å²) in [6, 6.07) is 57.2. The van der Waals surface area contributed by atoms with Crippen LogP contribution in [-0.2, 0) is 5.41 Å². The van der Waals surface area contributed by atoms with E-state index in [9.17, 15) is 0 Å². The largest absolute Gasteiger partial charge is 0.310 e. The van der Waals surface area contributed by atoms with E-state index in [1.54, 1.807) is 11.1 Å². The van der Waals surface area contributed by atoms with Crippen molar-refractivity contribution in [3.8, 4) is 22.3 Å². The standard InChI is InChI=1S/C48H39N/c1-3-9-36-28-38(14-13-33(36)7-1)35-15-18-41(19-16-35)49(42-20-17-34-8-2-4-10-37(34)29-42)43-21-22-47-45(30-43)44-11-5-6-12-46(44)48(47)39-24-31-23-32(26-39)27-40(48)25-31/h1-22,28-32,39-40H,23-27H2. The van der Waals surface area contributed by atoms with Crippen LogP contribution in [0.4, 0.5) is 17.1 Å². The molecule has 4 saturated carbocycles. The fourth-order valence-electron chi connectivity index (χ4n) is 11.2. The van der Waals surface area contributed by atoms with E-state index in [1.807, 2.05) is 0 Å². The van der Waals surface area contributed by atoms with Crippen LogP contribution < -0.4 is 4.90 Å². The fourth-order valence-corrected chi connectivity index (χ4v) is 11.2. The fraction of sp³-hybridized carbons (Fsp3) is 0.208. The zero-order chi connectivity index (χ0) is 32.1. The van der Waals surface area contributed by atoms with Crippen molar-refractivity contribution in [1.82, 2.24) is 0 Å². The summed E-state index contributed by atoms with van der Waals surface area (Å²) in [5, 5.41) is 5.08. The normalized spacial score (nSPS) is 24.4. The molecule has 0 radical (unpaired) electrons. The van der Waals surface area contributed by atoms with E-state index < -0.39 is 0 Å². The average Bonchev–Trinajstić information content (AvgIpc) is 3.44. The third-order valence-electron chi connectivity index (χ3n) is 13.0. The summed E-state index contributed by atoms with van der Waals surface area (Å²) in [5.74, 6) is 3.45. The molecule has 0 N–H and O–H groups in total. The molecular formula is C48H39N. The maximum atomic E-state index is 2.55. The number of fused-ring (bicyclic) bond motifs is 5. The first-order chi connectivity index (χ1) is 24.2. The van der Waals surface area contributed by atoms with Crippen LogP contribution in [0.3, 0.4) is 0 Å². The number of anilines is 3. The monoisotopic (exact) mass is 629 g/mol. The summed E-state index contributed by atoms with van der Waals surface area (Å²) in [7, 11) is 0. The number of hydrogen-bond donors (Lipinski definition) is 0. The Bertz CT molecular complexity index is 2390. The lowest BCUT2D eigenvalue weighted by molar-refractivity contribution is -0.0399. The van der Waals surface area contributed by atoms with Crippen molar-refractivity contribution in [3.63, 3.8) is 0 Å². The Morgan fingerprint density at radius 3 is 1.65 bits per heavy atom. The molecule has 1 nitrogen and oxygen atoms in total. The first-order valence-electron chi connectivity index (χ1n) is 18.3. The summed E-state index contributed by atoms with van der Waals surface area (Å²) in [6.07, 6.45) is 7.13. The van der Waals surface area contributed by atoms with Crippen molar-refractivity contribution in [2.24, 2.45) is 23.7 Å². The lowest BCUT2D eigenvalue weighted by atomic mass is 9.43. The quantitative estimate of drug-likeness (QED) is 0.187. The smallest absolute Gasteiger partial charge is 0.0468 e. The average molecular weight is 630 g/mol. The molecule has 49 heavy (non-hydrogen) atoms. The van der Waals surface area contributed by atoms with Crippen molar-refractivity contribution in [2.45, 2.75) is 37.5 Å². The van der Waals surface area contributed by atoms with E-state index in [2.05, 4.69) is 157 Å². The van der Waals surface area contributed by atoms with Gasteiger partial charge in [0.15, 0.2) is 0 Å². The molecule has 0 saturated heterocycles. The van der Waals surface area contributed by atoms with E-state index in [0.717, 1.165) is 23.7 Å². The Morgan fingerprint density at radius 1 is 0.388 bits per heavy atom. The zero-order valence-electron chi connectivity index (χ0n) is 27.7. The van der Waals surface area contributed by atoms with Gasteiger partial charge in [-0.25, -0.2) is 0 Å². The second-order valence-electron chi connectivity index (χ2n) is 15.4. The third-order valence-corrected chi connectivity index (χ3v) is 13.0. The van der Waals surface area contributed by atoms with Gasteiger partial charge in [0.2, 0.25) is 0 Å². The van der Waals surface area contributed by atoms with Crippen molar-refractivity contribution < 1.29 is 0 Å². The van der Waals surface area contributed by atoms with Crippen LogP contribution in [0.25, 0.3) is 43.8 Å². The van der Waals surface area contributed by atoms with Crippen molar-refractivity contribution in [1.29, 1.82) is 0 Å². The first-order valence-corrected chi connectivity index (χ1v) is 18.3. The molecule has 0 atom stereocenters. The molecule has 5 aliphatic carbocycles. The summed E-state index contributed by atoms with van der Waals surface area (Å²) in [4.78, 5) is 2.47. The molecule has 0 amide bonds. The van der Waals surface area contributed by atoms with Crippen LogP contribution >= 0.6 is 0 Å². The topological polar surface area (TPSA) is 3.24 Å². The van der Waals surface area contributed by atoms with Crippen LogP contribution in [0, 0.1) is 23.7 Å². The third kappa shape index (κ3) is 4.05. The molecule has 4 fully saturated rings. The summed E-state index contributed by atoms with van der Waals surface area (Å²) >= 11 is 0. The highest BCUT2D eigenvalue weighted by Gasteiger charge is 2.61. The molecule has 0 heterocycles. The number of rotatable bonds is 4. The van der Waals surface area contributed by atoms with Gasteiger partial charge in [-0.15, -0.1) is 0 Å². The minimum atomic E-state index is 0.188. The molecule has 236 valence electrons. The lowest BCUT2D eigenvalue weighted by Gasteiger charge is -2.61. The molecule has 5 aliphatic rings. The zero-order valence-corrected chi connectivity index (χ0v) is 27.7.